The zero-order valence-electron chi connectivity index (χ0n) is 8.45. The lowest BCUT2D eigenvalue weighted by Gasteiger charge is -2.05. The second kappa shape index (κ2) is 5.13. The number of carbonyl (C=O) groups is 1. The fourth-order valence-corrected chi connectivity index (χ4v) is 1.35. The lowest BCUT2D eigenvalue weighted by Crippen LogP contribution is -2.12. The Morgan fingerprint density at radius 1 is 1.44 bits per heavy atom. The first kappa shape index (κ1) is 12.7. The van der Waals surface area contributed by atoms with E-state index in [1.807, 2.05) is 0 Å². The van der Waals surface area contributed by atoms with Gasteiger partial charge in [0.15, 0.2) is 28.3 Å². The molecule has 5 N–H and O–H groups in total. The Labute approximate surface area is 101 Å². The van der Waals surface area contributed by atoms with Crippen molar-refractivity contribution in [3.05, 3.63) is 10.8 Å². The lowest BCUT2D eigenvalue weighted by molar-refractivity contribution is 0.0997. The van der Waals surface area contributed by atoms with Gasteiger partial charge in [-0.15, -0.1) is 11.8 Å². The van der Waals surface area contributed by atoms with Crippen LogP contribution in [0.2, 0.25) is 5.15 Å². The van der Waals surface area contributed by atoms with Crippen molar-refractivity contribution in [2.45, 2.75) is 6.42 Å². The van der Waals surface area contributed by atoms with E-state index >= 15 is 0 Å². The molecule has 0 unspecified atom stereocenters. The molecule has 86 valence electrons. The molecule has 6 nitrogen and oxygen atoms in total. The highest BCUT2D eigenvalue weighted by molar-refractivity contribution is 8.13. The van der Waals surface area contributed by atoms with Crippen molar-refractivity contribution in [3.8, 4) is 0 Å². The number of nitrogens with one attached hydrogen (secondary N) is 1. The monoisotopic (exact) mass is 259 g/mol. The first-order valence-electron chi connectivity index (χ1n) is 4.18. The average molecular weight is 260 g/mol. The molecule has 8 heteroatoms. The minimum Gasteiger partial charge on any atom is -0.382 e. The molecule has 0 spiro atoms. The van der Waals surface area contributed by atoms with Crippen LogP contribution in [0.25, 0.3) is 0 Å². The van der Waals surface area contributed by atoms with Crippen LogP contribution in [0.1, 0.15) is 16.9 Å². The van der Waals surface area contributed by atoms with E-state index in [0.717, 1.165) is 0 Å². The van der Waals surface area contributed by atoms with Crippen LogP contribution >= 0.6 is 23.4 Å². The van der Waals surface area contributed by atoms with Crippen LogP contribution < -0.4 is 11.5 Å². The smallest absolute Gasteiger partial charge is 0.191 e. The summed E-state index contributed by atoms with van der Waals surface area (Å²) in [5.41, 5.74) is 10.8. The second-order valence-electron chi connectivity index (χ2n) is 2.86. The molecule has 0 saturated carbocycles. The number of hydrogen-bond acceptors (Lipinski definition) is 7. The molecule has 0 amide bonds. The van der Waals surface area contributed by atoms with Gasteiger partial charge < -0.3 is 11.5 Å². The Balaban J connectivity index is 3.00. The Bertz CT molecular complexity index is 450. The van der Waals surface area contributed by atoms with Gasteiger partial charge >= 0.3 is 0 Å². The van der Waals surface area contributed by atoms with Gasteiger partial charge in [-0.2, -0.15) is 0 Å². The van der Waals surface area contributed by atoms with Crippen LogP contribution in [0.15, 0.2) is 0 Å². The van der Waals surface area contributed by atoms with Crippen molar-refractivity contribution in [3.63, 3.8) is 0 Å². The van der Waals surface area contributed by atoms with Crippen LogP contribution in [0, 0.1) is 5.41 Å². The first-order valence-corrected chi connectivity index (χ1v) is 5.79. The van der Waals surface area contributed by atoms with Crippen LogP contribution in [0.3, 0.4) is 0 Å². The molecule has 0 fully saturated rings. The van der Waals surface area contributed by atoms with Crippen LogP contribution in [0.5, 0.6) is 0 Å². The second-order valence-corrected chi connectivity index (χ2v) is 4.12. The van der Waals surface area contributed by atoms with E-state index in [0.29, 0.717) is 0 Å². The van der Waals surface area contributed by atoms with E-state index in [9.17, 15) is 4.79 Å². The summed E-state index contributed by atoms with van der Waals surface area (Å²) in [7, 11) is 0. The molecule has 0 aliphatic heterocycles. The van der Waals surface area contributed by atoms with Crippen molar-refractivity contribution in [2.24, 2.45) is 0 Å². The van der Waals surface area contributed by atoms with Crippen molar-refractivity contribution in [1.29, 1.82) is 5.41 Å². The predicted molar refractivity (Wildman–Crippen MR) is 66.1 cm³/mol. The summed E-state index contributed by atoms with van der Waals surface area (Å²) >= 11 is 6.81. The van der Waals surface area contributed by atoms with Gasteiger partial charge in [0.1, 0.15) is 0 Å². The summed E-state index contributed by atoms with van der Waals surface area (Å²) in [6, 6.07) is 0. The Kier molecular flexibility index (Phi) is 4.08. The number of thioether (sulfide) groups is 1. The summed E-state index contributed by atoms with van der Waals surface area (Å²) in [6.45, 7) is 0. The molecule has 0 aliphatic rings. The fourth-order valence-electron chi connectivity index (χ4n) is 0.948. The molecule has 1 aromatic rings. The molecule has 0 aromatic carbocycles. The Morgan fingerprint density at radius 3 is 2.62 bits per heavy atom. The van der Waals surface area contributed by atoms with E-state index in [1.54, 1.807) is 6.26 Å². The highest BCUT2D eigenvalue weighted by Crippen LogP contribution is 2.19. The summed E-state index contributed by atoms with van der Waals surface area (Å²) in [4.78, 5) is 19.1. The topological polar surface area (TPSA) is 119 Å². The third kappa shape index (κ3) is 2.83. The average Bonchev–Trinajstić information content (AvgIpc) is 2.23. The molecule has 16 heavy (non-hydrogen) atoms. The molecular formula is C8H10ClN5OS. The summed E-state index contributed by atoms with van der Waals surface area (Å²) in [5.74, 6) is -0.484. The Hall–Kier alpha value is -1.34. The maximum absolute atomic E-state index is 11.7. The molecule has 1 heterocycles. The maximum atomic E-state index is 11.7. The minimum atomic E-state index is -0.397. The van der Waals surface area contributed by atoms with Crippen LogP contribution in [-0.4, -0.2) is 27.1 Å². The number of Topliss-reactive ketones (excluding diaryl/α,β-unsaturated/α-hetero) is 1. The number of carbonyl (C=O) groups excluding carboxylic acids is 1. The maximum Gasteiger partial charge on any atom is 0.191 e. The molecule has 0 atom stereocenters. The SMILES string of the molecule is CSC(=N)CC(=O)c1nc(Cl)c(N)nc1N. The first-order chi connectivity index (χ1) is 7.45. The molecule has 0 radical (unpaired) electrons. The number of hydrogen-bond donors (Lipinski definition) is 3. The normalized spacial score (nSPS) is 10.1. The minimum absolute atomic E-state index is 0.0179. The van der Waals surface area contributed by atoms with E-state index in [4.69, 9.17) is 28.5 Å². The number of halogens is 1. The fraction of sp³-hybridized carbons (Fsp3) is 0.250. The summed E-state index contributed by atoms with van der Waals surface area (Å²) in [6.07, 6.45) is 1.64. The molecule has 0 saturated heterocycles. The Morgan fingerprint density at radius 2 is 2.06 bits per heavy atom. The zero-order chi connectivity index (χ0) is 12.3. The molecule has 0 aliphatic carbocycles. The standard InChI is InChI=1S/C8H10ClN5OS/c1-16-4(10)2-3(15)5-7(11)14-8(12)6(9)13-5/h10H,2H2,1H3,(H4,11,12,14). The van der Waals surface area contributed by atoms with Crippen molar-refractivity contribution in [1.82, 2.24) is 9.97 Å². The van der Waals surface area contributed by atoms with Gasteiger partial charge in [-0.25, -0.2) is 9.97 Å². The number of ketones is 1. The quantitative estimate of drug-likeness (QED) is 0.426. The largest absolute Gasteiger partial charge is 0.382 e. The summed E-state index contributed by atoms with van der Waals surface area (Å²) < 4.78 is 0. The summed E-state index contributed by atoms with van der Waals surface area (Å²) in [5, 5.41) is 7.54. The molecule has 1 rings (SSSR count). The van der Waals surface area contributed by atoms with E-state index in [2.05, 4.69) is 9.97 Å². The van der Waals surface area contributed by atoms with Crippen LogP contribution in [0.4, 0.5) is 11.6 Å². The zero-order valence-corrected chi connectivity index (χ0v) is 10.0. The third-order valence-corrected chi connectivity index (χ3v) is 2.65. The van der Waals surface area contributed by atoms with E-state index < -0.39 is 5.78 Å². The van der Waals surface area contributed by atoms with Gasteiger partial charge in [0.25, 0.3) is 0 Å². The molecular weight excluding hydrogens is 250 g/mol. The number of anilines is 2. The van der Waals surface area contributed by atoms with Gasteiger partial charge in [0.2, 0.25) is 0 Å². The van der Waals surface area contributed by atoms with E-state index in [1.165, 1.54) is 11.8 Å². The molecule has 1 aromatic heterocycles. The predicted octanol–water partition coefficient (Wildman–Crippen LogP) is 1.21. The van der Waals surface area contributed by atoms with Crippen molar-refractivity contribution >= 4 is 45.8 Å². The van der Waals surface area contributed by atoms with Gasteiger partial charge in [-0.3, -0.25) is 10.2 Å². The van der Waals surface area contributed by atoms with Crippen molar-refractivity contribution < 1.29 is 4.79 Å². The van der Waals surface area contributed by atoms with Gasteiger partial charge in [-0.1, -0.05) is 11.6 Å². The highest BCUT2D eigenvalue weighted by atomic mass is 35.5. The lowest BCUT2D eigenvalue weighted by atomic mass is 10.2. The van der Waals surface area contributed by atoms with E-state index in [-0.39, 0.29) is 33.9 Å². The van der Waals surface area contributed by atoms with Gasteiger partial charge in [0.05, 0.1) is 11.5 Å². The van der Waals surface area contributed by atoms with Crippen LogP contribution in [-0.2, 0) is 0 Å². The number of nitrogens with two attached hydrogens (primary N) is 2. The number of rotatable bonds is 3. The van der Waals surface area contributed by atoms with Crippen molar-refractivity contribution in [2.75, 3.05) is 17.7 Å². The number of nitrogens with zero attached hydrogens (tertiary/aromatic N) is 2. The number of nitrogen functional groups attached to an aromatic ring is 2. The highest BCUT2D eigenvalue weighted by Gasteiger charge is 2.16. The van der Waals surface area contributed by atoms with Gasteiger partial charge in [-0.05, 0) is 6.26 Å². The van der Waals surface area contributed by atoms with Gasteiger partial charge in [0, 0.05) is 0 Å². The molecule has 0 bridgehead atoms. The number of aromatic nitrogens is 2. The third-order valence-electron chi connectivity index (χ3n) is 1.74.